The number of nitrogens with one attached hydrogen (secondary N) is 2. The average molecular weight is 394 g/mol. The molecule has 0 saturated carbocycles. The van der Waals surface area contributed by atoms with E-state index in [-0.39, 0.29) is 34.0 Å². The first-order valence-corrected chi connectivity index (χ1v) is 5.94. The Morgan fingerprint density at radius 3 is 2.74 bits per heavy atom. The molecule has 2 aromatic rings. The van der Waals surface area contributed by atoms with Gasteiger partial charge in [-0.3, -0.25) is 4.57 Å². The van der Waals surface area contributed by atoms with E-state index >= 15 is 0 Å². The number of rotatable bonds is 2. The molecule has 106 valence electrons. The summed E-state index contributed by atoms with van der Waals surface area (Å²) in [6.45, 7) is 2.14. The van der Waals surface area contributed by atoms with Gasteiger partial charge in [-0.05, 0) is 25.9 Å². The fourth-order valence-corrected chi connectivity index (χ4v) is 2.22. The Balaban J connectivity index is 0.000000902. The maximum Gasteiger partial charge on any atom is 0.205 e. The second-order valence-electron chi connectivity index (χ2n) is 4.39. The first-order valence-electron chi connectivity index (χ1n) is 5.94. The Morgan fingerprint density at radius 1 is 1.32 bits per heavy atom. The molecule has 0 aromatic carbocycles. The van der Waals surface area contributed by atoms with Gasteiger partial charge >= 0.3 is 0 Å². The van der Waals surface area contributed by atoms with Gasteiger partial charge in [0, 0.05) is 13.1 Å². The van der Waals surface area contributed by atoms with Gasteiger partial charge in [0.2, 0.25) is 5.95 Å². The summed E-state index contributed by atoms with van der Waals surface area (Å²) in [5.74, 6) is 0.882. The van der Waals surface area contributed by atoms with Gasteiger partial charge in [-0.15, -0.1) is 34.0 Å². The average Bonchev–Trinajstić information content (AvgIpc) is 2.68. The van der Waals surface area contributed by atoms with E-state index in [0.29, 0.717) is 6.04 Å². The van der Waals surface area contributed by atoms with Crippen LogP contribution < -0.4 is 10.6 Å². The monoisotopic (exact) mass is 392 g/mol. The van der Waals surface area contributed by atoms with Crippen LogP contribution >= 0.6 is 34.0 Å². The number of nitrogens with zero attached hydrogens (tertiary/aromatic N) is 4. The molecule has 0 unspecified atom stereocenters. The van der Waals surface area contributed by atoms with Crippen molar-refractivity contribution in [1.82, 2.24) is 24.8 Å². The lowest BCUT2D eigenvalue weighted by molar-refractivity contribution is 0.476. The van der Waals surface area contributed by atoms with Crippen LogP contribution in [0.2, 0.25) is 0 Å². The van der Waals surface area contributed by atoms with Crippen LogP contribution in [0.5, 0.6) is 0 Å². The van der Waals surface area contributed by atoms with E-state index in [1.165, 1.54) is 0 Å². The molecule has 0 aliphatic carbocycles. The number of imidazole rings is 1. The van der Waals surface area contributed by atoms with Gasteiger partial charge in [0.1, 0.15) is 11.8 Å². The molecule has 0 bridgehead atoms. The van der Waals surface area contributed by atoms with Crippen LogP contribution in [0.3, 0.4) is 0 Å². The number of aromatic nitrogens is 4. The van der Waals surface area contributed by atoms with Crippen LogP contribution in [-0.2, 0) is 7.05 Å². The molecule has 0 radical (unpaired) electrons. The van der Waals surface area contributed by atoms with Crippen molar-refractivity contribution in [2.75, 3.05) is 18.4 Å². The van der Waals surface area contributed by atoms with E-state index in [4.69, 9.17) is 0 Å². The van der Waals surface area contributed by atoms with Crippen molar-refractivity contribution in [2.45, 2.75) is 18.9 Å². The molecular formula is C11H18Br2N6. The summed E-state index contributed by atoms with van der Waals surface area (Å²) in [6, 6.07) is 0.500. The number of aryl methyl sites for hydroxylation is 1. The number of anilines is 1. The molecule has 8 heteroatoms. The number of fused-ring (bicyclic) bond motifs is 1. The lowest BCUT2D eigenvalue weighted by atomic mass is 10.1. The predicted octanol–water partition coefficient (Wildman–Crippen LogP) is 1.68. The third-order valence-electron chi connectivity index (χ3n) is 3.21. The summed E-state index contributed by atoms with van der Waals surface area (Å²) >= 11 is 0. The molecule has 2 aromatic heterocycles. The standard InChI is InChI=1S/C11H16N6.2BrH/c1-17-10-9(6-13-7-14-10)16-11(17)15-8-2-4-12-5-3-8;;/h6-8,12H,2-5H2,1H3,(H,15,16);2*1H. The van der Waals surface area contributed by atoms with Crippen molar-refractivity contribution < 1.29 is 0 Å². The molecule has 1 fully saturated rings. The number of halogens is 2. The van der Waals surface area contributed by atoms with Crippen LogP contribution in [0.4, 0.5) is 5.95 Å². The molecule has 2 N–H and O–H groups in total. The van der Waals surface area contributed by atoms with E-state index in [1.807, 2.05) is 11.6 Å². The topological polar surface area (TPSA) is 67.7 Å². The van der Waals surface area contributed by atoms with Crippen LogP contribution in [0, 0.1) is 0 Å². The zero-order valence-corrected chi connectivity index (χ0v) is 14.1. The molecule has 19 heavy (non-hydrogen) atoms. The molecule has 3 heterocycles. The van der Waals surface area contributed by atoms with Gasteiger partial charge in [-0.2, -0.15) is 0 Å². The molecule has 0 spiro atoms. The largest absolute Gasteiger partial charge is 0.353 e. The first kappa shape index (κ1) is 16.3. The quantitative estimate of drug-likeness (QED) is 0.812. The molecular weight excluding hydrogens is 376 g/mol. The summed E-state index contributed by atoms with van der Waals surface area (Å²) in [4.78, 5) is 12.7. The number of hydrogen-bond donors (Lipinski definition) is 2. The summed E-state index contributed by atoms with van der Waals surface area (Å²) in [5, 5.41) is 6.83. The molecule has 0 amide bonds. The second kappa shape index (κ2) is 7.16. The van der Waals surface area contributed by atoms with Crippen molar-refractivity contribution >= 4 is 51.1 Å². The van der Waals surface area contributed by atoms with E-state index in [0.717, 1.165) is 43.0 Å². The predicted molar refractivity (Wildman–Crippen MR) is 86.5 cm³/mol. The van der Waals surface area contributed by atoms with Crippen molar-refractivity contribution in [1.29, 1.82) is 0 Å². The molecule has 3 rings (SSSR count). The molecule has 1 aliphatic rings. The van der Waals surface area contributed by atoms with Crippen molar-refractivity contribution in [3.8, 4) is 0 Å². The summed E-state index contributed by atoms with van der Waals surface area (Å²) in [5.41, 5.74) is 1.71. The highest BCUT2D eigenvalue weighted by Crippen LogP contribution is 2.17. The number of hydrogen-bond acceptors (Lipinski definition) is 5. The zero-order valence-electron chi connectivity index (χ0n) is 10.7. The number of piperidine rings is 1. The fraction of sp³-hybridized carbons (Fsp3) is 0.545. The van der Waals surface area contributed by atoms with Crippen molar-refractivity contribution in [2.24, 2.45) is 7.05 Å². The Morgan fingerprint density at radius 2 is 2.05 bits per heavy atom. The highest BCUT2D eigenvalue weighted by atomic mass is 79.9. The third-order valence-corrected chi connectivity index (χ3v) is 3.21. The SMILES string of the molecule is Br.Br.Cn1c(NC2CCNCC2)nc2cncnc21. The van der Waals surface area contributed by atoms with Gasteiger partial charge in [0.05, 0.1) is 6.20 Å². The Labute approximate surface area is 133 Å². The van der Waals surface area contributed by atoms with Crippen LogP contribution in [-0.4, -0.2) is 38.7 Å². The Kier molecular flexibility index (Phi) is 6.15. The van der Waals surface area contributed by atoms with Crippen LogP contribution in [0.25, 0.3) is 11.2 Å². The maximum atomic E-state index is 4.51. The Hall–Kier alpha value is -0.730. The van der Waals surface area contributed by atoms with Crippen molar-refractivity contribution in [3.05, 3.63) is 12.5 Å². The van der Waals surface area contributed by atoms with Gasteiger partial charge in [0.15, 0.2) is 5.65 Å². The van der Waals surface area contributed by atoms with Gasteiger partial charge in [-0.25, -0.2) is 15.0 Å². The second-order valence-corrected chi connectivity index (χ2v) is 4.39. The van der Waals surface area contributed by atoms with Gasteiger partial charge in [0.25, 0.3) is 0 Å². The fourth-order valence-electron chi connectivity index (χ4n) is 2.22. The lowest BCUT2D eigenvalue weighted by Crippen LogP contribution is -2.35. The summed E-state index contributed by atoms with van der Waals surface area (Å²) in [7, 11) is 1.98. The van der Waals surface area contributed by atoms with E-state index in [2.05, 4.69) is 25.6 Å². The van der Waals surface area contributed by atoms with E-state index < -0.39 is 0 Å². The van der Waals surface area contributed by atoms with Crippen LogP contribution in [0.15, 0.2) is 12.5 Å². The Bertz CT molecular complexity index is 523. The minimum Gasteiger partial charge on any atom is -0.353 e. The van der Waals surface area contributed by atoms with Gasteiger partial charge in [-0.1, -0.05) is 0 Å². The molecule has 1 aliphatic heterocycles. The summed E-state index contributed by atoms with van der Waals surface area (Å²) in [6.07, 6.45) is 5.57. The van der Waals surface area contributed by atoms with Gasteiger partial charge < -0.3 is 10.6 Å². The summed E-state index contributed by atoms with van der Waals surface area (Å²) < 4.78 is 1.99. The minimum atomic E-state index is 0. The highest BCUT2D eigenvalue weighted by Gasteiger charge is 2.16. The first-order chi connectivity index (χ1) is 8.34. The maximum absolute atomic E-state index is 4.51. The molecule has 1 saturated heterocycles. The minimum absolute atomic E-state index is 0. The smallest absolute Gasteiger partial charge is 0.205 e. The molecule has 0 atom stereocenters. The lowest BCUT2D eigenvalue weighted by Gasteiger charge is -2.23. The van der Waals surface area contributed by atoms with Crippen molar-refractivity contribution in [3.63, 3.8) is 0 Å². The third kappa shape index (κ3) is 3.43. The molecule has 6 nitrogen and oxygen atoms in total. The van der Waals surface area contributed by atoms with Crippen LogP contribution in [0.1, 0.15) is 12.8 Å². The highest BCUT2D eigenvalue weighted by molar-refractivity contribution is 8.93. The van der Waals surface area contributed by atoms with E-state index in [1.54, 1.807) is 12.5 Å². The van der Waals surface area contributed by atoms with E-state index in [9.17, 15) is 0 Å². The zero-order chi connectivity index (χ0) is 11.7. The normalized spacial score (nSPS) is 15.6.